The summed E-state index contributed by atoms with van der Waals surface area (Å²) in [6.07, 6.45) is 3.27. The average Bonchev–Trinajstić information content (AvgIpc) is 3.13. The van der Waals surface area contributed by atoms with Crippen LogP contribution in [0.4, 0.5) is 11.5 Å². The van der Waals surface area contributed by atoms with Crippen LogP contribution in [0.25, 0.3) is 11.0 Å². The molecule has 0 spiro atoms. The lowest BCUT2D eigenvalue weighted by atomic mass is 10.2. The first-order chi connectivity index (χ1) is 14.0. The molecule has 0 saturated carbocycles. The van der Waals surface area contributed by atoms with Crippen LogP contribution in [0.2, 0.25) is 0 Å². The number of carbonyl (C=O) groups excluding carboxylic acids is 1. The number of fused-ring (bicyclic) bond motifs is 1. The van der Waals surface area contributed by atoms with Gasteiger partial charge in [-0.2, -0.15) is 5.10 Å². The maximum absolute atomic E-state index is 12.4. The van der Waals surface area contributed by atoms with Gasteiger partial charge in [-0.1, -0.05) is 0 Å². The Morgan fingerprint density at radius 3 is 2.59 bits per heavy atom. The van der Waals surface area contributed by atoms with Crippen LogP contribution in [0.3, 0.4) is 0 Å². The van der Waals surface area contributed by atoms with E-state index in [0.29, 0.717) is 31.9 Å². The molecule has 0 N–H and O–H groups in total. The highest BCUT2D eigenvalue weighted by molar-refractivity contribution is 5.86. The third-order valence-electron chi connectivity index (χ3n) is 4.85. The first kappa shape index (κ1) is 18.6. The predicted octanol–water partition coefficient (Wildman–Crippen LogP) is 0.999. The van der Waals surface area contributed by atoms with Gasteiger partial charge in [-0.25, -0.2) is 9.97 Å². The Kier molecular flexibility index (Phi) is 4.94. The zero-order chi connectivity index (χ0) is 20.4. The fourth-order valence-corrected chi connectivity index (χ4v) is 3.27. The number of nitrogens with zero attached hydrogens (tertiary/aromatic N) is 7. The van der Waals surface area contributed by atoms with Crippen molar-refractivity contribution < 1.29 is 14.5 Å². The van der Waals surface area contributed by atoms with Gasteiger partial charge in [0.2, 0.25) is 0 Å². The first-order valence-corrected chi connectivity index (χ1v) is 9.05. The van der Waals surface area contributed by atoms with Crippen LogP contribution in [0.15, 0.2) is 36.8 Å². The lowest BCUT2D eigenvalue weighted by Crippen LogP contribution is -2.50. The van der Waals surface area contributed by atoms with Crippen molar-refractivity contribution >= 4 is 28.4 Å². The summed E-state index contributed by atoms with van der Waals surface area (Å²) >= 11 is 0. The summed E-state index contributed by atoms with van der Waals surface area (Å²) in [5, 5.41) is 15.8. The molecule has 1 aliphatic rings. The number of benzene rings is 1. The van der Waals surface area contributed by atoms with E-state index >= 15 is 0 Å². The molecule has 1 amide bonds. The number of amides is 1. The molecule has 1 aliphatic heterocycles. The fourth-order valence-electron chi connectivity index (χ4n) is 3.27. The van der Waals surface area contributed by atoms with E-state index in [0.717, 1.165) is 16.9 Å². The molecule has 2 aromatic heterocycles. The predicted molar refractivity (Wildman–Crippen MR) is 104 cm³/mol. The molecule has 0 radical (unpaired) electrons. The minimum absolute atomic E-state index is 0.0211. The Hall–Kier alpha value is -3.76. The molecule has 4 rings (SSSR count). The minimum Gasteiger partial charge on any atom is -0.484 e. The van der Waals surface area contributed by atoms with Crippen molar-refractivity contribution in [3.05, 3.63) is 46.9 Å². The molecule has 11 heteroatoms. The largest absolute Gasteiger partial charge is 0.484 e. The Morgan fingerprint density at radius 2 is 1.90 bits per heavy atom. The number of rotatable bonds is 5. The van der Waals surface area contributed by atoms with Crippen molar-refractivity contribution in [2.24, 2.45) is 7.05 Å². The molecule has 11 nitrogen and oxygen atoms in total. The molecule has 1 aromatic carbocycles. The van der Waals surface area contributed by atoms with Crippen molar-refractivity contribution in [2.75, 3.05) is 37.7 Å². The Bertz CT molecular complexity index is 1040. The van der Waals surface area contributed by atoms with Crippen molar-refractivity contribution in [1.82, 2.24) is 24.6 Å². The van der Waals surface area contributed by atoms with Crippen LogP contribution < -0.4 is 9.64 Å². The van der Waals surface area contributed by atoms with Crippen molar-refractivity contribution in [1.29, 1.82) is 0 Å². The molecule has 0 aliphatic carbocycles. The van der Waals surface area contributed by atoms with Gasteiger partial charge in [-0.15, -0.1) is 0 Å². The van der Waals surface area contributed by atoms with Crippen LogP contribution in [0.5, 0.6) is 5.75 Å². The molecule has 0 bridgehead atoms. The van der Waals surface area contributed by atoms with E-state index in [9.17, 15) is 14.9 Å². The Balaban J connectivity index is 1.33. The monoisotopic (exact) mass is 397 g/mol. The van der Waals surface area contributed by atoms with Gasteiger partial charge in [0.1, 0.15) is 17.9 Å². The third-order valence-corrected chi connectivity index (χ3v) is 4.85. The molecule has 29 heavy (non-hydrogen) atoms. The number of aryl methyl sites for hydroxylation is 1. The van der Waals surface area contributed by atoms with E-state index in [4.69, 9.17) is 4.74 Å². The van der Waals surface area contributed by atoms with Gasteiger partial charge >= 0.3 is 0 Å². The maximum Gasteiger partial charge on any atom is 0.269 e. The van der Waals surface area contributed by atoms with Gasteiger partial charge in [0, 0.05) is 45.4 Å². The Morgan fingerprint density at radius 1 is 1.17 bits per heavy atom. The van der Waals surface area contributed by atoms with Crippen LogP contribution in [0, 0.1) is 10.1 Å². The lowest BCUT2D eigenvalue weighted by Gasteiger charge is -2.35. The van der Waals surface area contributed by atoms with E-state index in [1.54, 1.807) is 15.8 Å². The number of anilines is 1. The number of ether oxygens (including phenoxy) is 1. The highest BCUT2D eigenvalue weighted by Crippen LogP contribution is 2.23. The average molecular weight is 397 g/mol. The summed E-state index contributed by atoms with van der Waals surface area (Å²) in [6, 6.07) is 5.66. The molecule has 3 aromatic rings. The SMILES string of the molecule is Cn1ncc2c(N3CCN(C(=O)COc4ccc([N+](=O)[O-])cc4)CC3)ncnc21. The second-order valence-corrected chi connectivity index (χ2v) is 6.61. The zero-order valence-electron chi connectivity index (χ0n) is 15.8. The smallest absolute Gasteiger partial charge is 0.269 e. The molecule has 1 saturated heterocycles. The second-order valence-electron chi connectivity index (χ2n) is 6.61. The highest BCUT2D eigenvalue weighted by atomic mass is 16.6. The number of non-ortho nitro benzene ring substituents is 1. The van der Waals surface area contributed by atoms with E-state index in [2.05, 4.69) is 20.0 Å². The summed E-state index contributed by atoms with van der Waals surface area (Å²) in [5.74, 6) is 1.11. The van der Waals surface area contributed by atoms with Crippen LogP contribution in [-0.4, -0.2) is 68.3 Å². The van der Waals surface area contributed by atoms with Gasteiger partial charge in [-0.05, 0) is 12.1 Å². The van der Waals surface area contributed by atoms with Gasteiger partial charge in [-0.3, -0.25) is 19.6 Å². The van der Waals surface area contributed by atoms with Gasteiger partial charge in [0.05, 0.1) is 16.5 Å². The van der Waals surface area contributed by atoms with Crippen LogP contribution >= 0.6 is 0 Å². The van der Waals surface area contributed by atoms with E-state index < -0.39 is 4.92 Å². The van der Waals surface area contributed by atoms with Crippen molar-refractivity contribution in [3.63, 3.8) is 0 Å². The van der Waals surface area contributed by atoms with Crippen molar-refractivity contribution in [2.45, 2.75) is 0 Å². The molecule has 1 fully saturated rings. The standard InChI is InChI=1S/C18H19N7O4/c1-22-17-15(10-21-22)18(20-12-19-17)24-8-6-23(7-9-24)16(26)11-29-14-4-2-13(3-5-14)25(27)28/h2-5,10,12H,6-9,11H2,1H3. The quantitative estimate of drug-likeness (QED) is 0.462. The molecular formula is C18H19N7O4. The third kappa shape index (κ3) is 3.79. The normalized spacial score (nSPS) is 14.2. The van der Waals surface area contributed by atoms with Gasteiger partial charge in [0.15, 0.2) is 12.3 Å². The number of aromatic nitrogens is 4. The second kappa shape index (κ2) is 7.70. The van der Waals surface area contributed by atoms with E-state index in [1.807, 2.05) is 7.05 Å². The maximum atomic E-state index is 12.4. The van der Waals surface area contributed by atoms with Crippen LogP contribution in [-0.2, 0) is 11.8 Å². The lowest BCUT2D eigenvalue weighted by molar-refractivity contribution is -0.384. The molecule has 0 atom stereocenters. The first-order valence-electron chi connectivity index (χ1n) is 9.05. The highest BCUT2D eigenvalue weighted by Gasteiger charge is 2.24. The number of piperazine rings is 1. The number of nitro groups is 1. The van der Waals surface area contributed by atoms with Gasteiger partial charge < -0.3 is 14.5 Å². The van der Waals surface area contributed by atoms with Crippen molar-refractivity contribution in [3.8, 4) is 5.75 Å². The number of nitro benzene ring substituents is 1. The fraction of sp³-hybridized carbons (Fsp3) is 0.333. The summed E-state index contributed by atoms with van der Waals surface area (Å²) in [5.41, 5.74) is 0.747. The zero-order valence-corrected chi connectivity index (χ0v) is 15.8. The summed E-state index contributed by atoms with van der Waals surface area (Å²) in [7, 11) is 1.83. The molecule has 0 unspecified atom stereocenters. The number of carbonyl (C=O) groups is 1. The summed E-state index contributed by atoms with van der Waals surface area (Å²) < 4.78 is 7.17. The topological polar surface area (TPSA) is 120 Å². The molecular weight excluding hydrogens is 378 g/mol. The van der Waals surface area contributed by atoms with E-state index in [-0.39, 0.29) is 18.2 Å². The van der Waals surface area contributed by atoms with Gasteiger partial charge in [0.25, 0.3) is 11.6 Å². The summed E-state index contributed by atoms with van der Waals surface area (Å²) in [4.78, 5) is 35.1. The number of hydrogen-bond donors (Lipinski definition) is 0. The molecule has 3 heterocycles. The molecule has 150 valence electrons. The van der Waals surface area contributed by atoms with Crippen LogP contribution in [0.1, 0.15) is 0 Å². The minimum atomic E-state index is -0.481. The van der Waals surface area contributed by atoms with E-state index in [1.165, 1.54) is 30.6 Å². The Labute approximate surface area is 165 Å². The summed E-state index contributed by atoms with van der Waals surface area (Å²) in [6.45, 7) is 2.27. The number of hydrogen-bond acceptors (Lipinski definition) is 8.